The van der Waals surface area contributed by atoms with Crippen LogP contribution in [-0.2, 0) is 17.8 Å². The number of nitrogens with zero attached hydrogens (tertiary/aromatic N) is 2. The molecule has 0 bridgehead atoms. The summed E-state index contributed by atoms with van der Waals surface area (Å²) in [5.41, 5.74) is 0.997. The maximum Gasteiger partial charge on any atom is 0.221 e. The maximum atomic E-state index is 11.7. The Balaban J connectivity index is 1.72. The molecule has 0 aliphatic heterocycles. The van der Waals surface area contributed by atoms with Gasteiger partial charge in [0.1, 0.15) is 0 Å². The molecule has 0 aliphatic rings. The monoisotopic (exact) mass is 289 g/mol. The van der Waals surface area contributed by atoms with Crippen molar-refractivity contribution in [1.82, 2.24) is 15.1 Å². The molecule has 0 unspecified atom stereocenters. The number of phenolic OH excluding ortho intramolecular Hbond substituents is 1. The number of hydrogen-bond acceptors (Lipinski definition) is 4. The lowest BCUT2D eigenvalue weighted by Crippen LogP contribution is -2.26. The van der Waals surface area contributed by atoms with Gasteiger partial charge in [0.05, 0.1) is 7.11 Å². The average molecular weight is 289 g/mol. The molecule has 2 aromatic rings. The lowest BCUT2D eigenvalue weighted by Gasteiger charge is -2.08. The van der Waals surface area contributed by atoms with Gasteiger partial charge in [-0.15, -0.1) is 0 Å². The van der Waals surface area contributed by atoms with E-state index in [1.807, 2.05) is 18.3 Å². The van der Waals surface area contributed by atoms with Gasteiger partial charge in [-0.2, -0.15) is 5.10 Å². The SMILES string of the molecule is COc1cc(CCNC(=O)CCn2cccn2)ccc1O. The van der Waals surface area contributed by atoms with Gasteiger partial charge < -0.3 is 15.2 Å². The van der Waals surface area contributed by atoms with Crippen LogP contribution in [0.3, 0.4) is 0 Å². The largest absolute Gasteiger partial charge is 0.504 e. The summed E-state index contributed by atoms with van der Waals surface area (Å²) in [5, 5.41) is 16.4. The fourth-order valence-corrected chi connectivity index (χ4v) is 1.96. The minimum absolute atomic E-state index is 0.00348. The van der Waals surface area contributed by atoms with E-state index in [1.54, 1.807) is 23.0 Å². The zero-order chi connectivity index (χ0) is 15.1. The van der Waals surface area contributed by atoms with Crippen LogP contribution in [0.15, 0.2) is 36.7 Å². The summed E-state index contributed by atoms with van der Waals surface area (Å²) in [5.74, 6) is 0.554. The molecule has 2 N–H and O–H groups in total. The molecule has 1 aromatic heterocycles. The quantitative estimate of drug-likeness (QED) is 0.806. The summed E-state index contributed by atoms with van der Waals surface area (Å²) < 4.78 is 6.77. The lowest BCUT2D eigenvalue weighted by atomic mass is 10.1. The Hall–Kier alpha value is -2.50. The molecule has 0 fully saturated rings. The molecule has 0 atom stereocenters. The third kappa shape index (κ3) is 4.52. The van der Waals surface area contributed by atoms with Gasteiger partial charge in [-0.1, -0.05) is 6.07 Å². The Kier molecular flexibility index (Phi) is 5.20. The summed E-state index contributed by atoms with van der Waals surface area (Å²) in [4.78, 5) is 11.7. The molecule has 2 rings (SSSR count). The Labute approximate surface area is 123 Å². The highest BCUT2D eigenvalue weighted by Crippen LogP contribution is 2.26. The molecular weight excluding hydrogens is 270 g/mol. The summed E-state index contributed by atoms with van der Waals surface area (Å²) in [6, 6.07) is 7.00. The van der Waals surface area contributed by atoms with Crippen LogP contribution in [-0.4, -0.2) is 34.4 Å². The number of methoxy groups -OCH3 is 1. The number of aryl methyl sites for hydroxylation is 1. The second-order valence-electron chi connectivity index (χ2n) is 4.63. The van der Waals surface area contributed by atoms with Crippen molar-refractivity contribution in [2.24, 2.45) is 0 Å². The molecular formula is C15H19N3O3. The Morgan fingerprint density at radius 1 is 1.48 bits per heavy atom. The van der Waals surface area contributed by atoms with E-state index in [4.69, 9.17) is 4.74 Å². The van der Waals surface area contributed by atoms with Crippen LogP contribution in [0.2, 0.25) is 0 Å². The van der Waals surface area contributed by atoms with E-state index in [9.17, 15) is 9.90 Å². The molecule has 21 heavy (non-hydrogen) atoms. The number of benzene rings is 1. The molecule has 1 amide bonds. The third-order valence-electron chi connectivity index (χ3n) is 3.11. The molecule has 6 heteroatoms. The van der Waals surface area contributed by atoms with Crippen molar-refractivity contribution in [3.8, 4) is 11.5 Å². The molecule has 0 radical (unpaired) electrons. The highest BCUT2D eigenvalue weighted by molar-refractivity contribution is 5.75. The number of carbonyl (C=O) groups is 1. The van der Waals surface area contributed by atoms with Gasteiger partial charge in [0, 0.05) is 31.9 Å². The second kappa shape index (κ2) is 7.33. The van der Waals surface area contributed by atoms with Gasteiger partial charge in [-0.05, 0) is 30.2 Å². The standard InChI is InChI=1S/C15H19N3O3/c1-21-14-11-12(3-4-13(14)19)5-8-16-15(20)6-10-18-9-2-7-17-18/h2-4,7,9,11,19H,5-6,8,10H2,1H3,(H,16,20). The first-order chi connectivity index (χ1) is 10.2. The summed E-state index contributed by atoms with van der Waals surface area (Å²) in [6.45, 7) is 1.12. The van der Waals surface area contributed by atoms with Crippen molar-refractivity contribution in [2.75, 3.05) is 13.7 Å². The van der Waals surface area contributed by atoms with Crippen molar-refractivity contribution < 1.29 is 14.6 Å². The van der Waals surface area contributed by atoms with Crippen LogP contribution in [0.1, 0.15) is 12.0 Å². The lowest BCUT2D eigenvalue weighted by molar-refractivity contribution is -0.121. The number of aromatic nitrogens is 2. The summed E-state index contributed by atoms with van der Waals surface area (Å²) >= 11 is 0. The van der Waals surface area contributed by atoms with Crippen LogP contribution in [0.4, 0.5) is 0 Å². The van der Waals surface area contributed by atoms with Crippen molar-refractivity contribution in [1.29, 1.82) is 0 Å². The number of amides is 1. The van der Waals surface area contributed by atoms with Crippen LogP contribution in [0.5, 0.6) is 11.5 Å². The predicted octanol–water partition coefficient (Wildman–Crippen LogP) is 1.35. The van der Waals surface area contributed by atoms with Gasteiger partial charge in [0.15, 0.2) is 11.5 Å². The van der Waals surface area contributed by atoms with E-state index in [0.717, 1.165) is 5.56 Å². The molecule has 1 aromatic carbocycles. The topological polar surface area (TPSA) is 76.4 Å². The molecule has 112 valence electrons. The highest BCUT2D eigenvalue weighted by Gasteiger charge is 2.04. The molecule has 0 saturated carbocycles. The number of ether oxygens (including phenoxy) is 1. The summed E-state index contributed by atoms with van der Waals surface area (Å²) in [7, 11) is 1.51. The predicted molar refractivity (Wildman–Crippen MR) is 78.2 cm³/mol. The zero-order valence-corrected chi connectivity index (χ0v) is 12.0. The molecule has 6 nitrogen and oxygen atoms in total. The number of nitrogens with one attached hydrogen (secondary N) is 1. The van der Waals surface area contributed by atoms with Gasteiger partial charge in [0.2, 0.25) is 5.91 Å². The van der Waals surface area contributed by atoms with Crippen molar-refractivity contribution in [3.63, 3.8) is 0 Å². The van der Waals surface area contributed by atoms with Gasteiger partial charge in [-0.3, -0.25) is 9.48 Å². The van der Waals surface area contributed by atoms with Gasteiger partial charge >= 0.3 is 0 Å². The number of aromatic hydroxyl groups is 1. The minimum Gasteiger partial charge on any atom is -0.504 e. The first-order valence-corrected chi connectivity index (χ1v) is 6.79. The van der Waals surface area contributed by atoms with E-state index in [-0.39, 0.29) is 11.7 Å². The maximum absolute atomic E-state index is 11.7. The van der Waals surface area contributed by atoms with Gasteiger partial charge in [-0.25, -0.2) is 0 Å². The average Bonchev–Trinajstić information content (AvgIpc) is 3.00. The van der Waals surface area contributed by atoms with E-state index in [2.05, 4.69) is 10.4 Å². The Morgan fingerprint density at radius 3 is 3.05 bits per heavy atom. The molecule has 1 heterocycles. The van der Waals surface area contributed by atoms with Crippen molar-refractivity contribution >= 4 is 5.91 Å². The van der Waals surface area contributed by atoms with Crippen LogP contribution in [0, 0.1) is 0 Å². The zero-order valence-electron chi connectivity index (χ0n) is 12.0. The van der Waals surface area contributed by atoms with Crippen LogP contribution in [0.25, 0.3) is 0 Å². The molecule has 0 aliphatic carbocycles. The summed E-state index contributed by atoms with van der Waals surface area (Å²) in [6.07, 6.45) is 4.61. The fourth-order valence-electron chi connectivity index (χ4n) is 1.96. The third-order valence-corrected chi connectivity index (χ3v) is 3.11. The van der Waals surface area contributed by atoms with Crippen LogP contribution >= 0.6 is 0 Å². The van der Waals surface area contributed by atoms with Crippen molar-refractivity contribution in [2.45, 2.75) is 19.4 Å². The van der Waals surface area contributed by atoms with E-state index in [0.29, 0.717) is 31.7 Å². The first-order valence-electron chi connectivity index (χ1n) is 6.79. The van der Waals surface area contributed by atoms with Crippen molar-refractivity contribution in [3.05, 3.63) is 42.2 Å². The molecule has 0 spiro atoms. The first kappa shape index (κ1) is 14.9. The number of carbonyl (C=O) groups excluding carboxylic acids is 1. The second-order valence-corrected chi connectivity index (χ2v) is 4.63. The molecule has 0 saturated heterocycles. The Bertz CT molecular complexity index is 582. The number of phenols is 1. The van der Waals surface area contributed by atoms with E-state index in [1.165, 1.54) is 7.11 Å². The number of hydrogen-bond donors (Lipinski definition) is 2. The number of rotatable bonds is 7. The highest BCUT2D eigenvalue weighted by atomic mass is 16.5. The Morgan fingerprint density at radius 2 is 2.33 bits per heavy atom. The smallest absolute Gasteiger partial charge is 0.221 e. The van der Waals surface area contributed by atoms with Gasteiger partial charge in [0.25, 0.3) is 0 Å². The van der Waals surface area contributed by atoms with Crippen LogP contribution < -0.4 is 10.1 Å². The minimum atomic E-state index is -0.00348. The van der Waals surface area contributed by atoms with E-state index >= 15 is 0 Å². The fraction of sp³-hybridized carbons (Fsp3) is 0.333. The van der Waals surface area contributed by atoms with E-state index < -0.39 is 0 Å². The normalized spacial score (nSPS) is 10.3.